The van der Waals surface area contributed by atoms with Crippen LogP contribution in [0.1, 0.15) is 6.92 Å². The zero-order valence-electron chi connectivity index (χ0n) is 8.90. The van der Waals surface area contributed by atoms with Gasteiger partial charge in [0, 0.05) is 39.6 Å². The largest absolute Gasteiger partial charge is 0.395 e. The van der Waals surface area contributed by atoms with Crippen LogP contribution < -0.4 is 5.32 Å². The number of carbonyl (C=O) groups is 2. The summed E-state index contributed by atoms with van der Waals surface area (Å²) in [5, 5.41) is 11.1. The predicted octanol–water partition coefficient (Wildman–Crippen LogP) is -1.15. The first-order chi connectivity index (χ1) is 7.15. The lowest BCUT2D eigenvalue weighted by atomic mass is 10.3. The Labute approximate surface area is 88.8 Å². The molecule has 0 radical (unpaired) electrons. The third kappa shape index (κ3) is 3.39. The molecule has 0 spiro atoms. The van der Waals surface area contributed by atoms with Crippen LogP contribution in [0.3, 0.4) is 0 Å². The number of nitrogens with zero attached hydrogens (tertiary/aromatic N) is 2. The normalized spacial score (nSPS) is 16.4. The Morgan fingerprint density at radius 2 is 1.73 bits per heavy atom. The summed E-state index contributed by atoms with van der Waals surface area (Å²) in [7, 11) is 0. The Hall–Kier alpha value is -1.30. The molecule has 0 aromatic rings. The van der Waals surface area contributed by atoms with Crippen molar-refractivity contribution in [2.75, 3.05) is 39.3 Å². The molecule has 0 aromatic heterocycles. The molecule has 0 bridgehead atoms. The number of rotatable bonds is 2. The smallest absolute Gasteiger partial charge is 0.317 e. The quantitative estimate of drug-likeness (QED) is 0.611. The second kappa shape index (κ2) is 5.55. The molecule has 86 valence electrons. The maximum absolute atomic E-state index is 11.4. The Bertz CT molecular complexity index is 237. The number of hydrogen-bond donors (Lipinski definition) is 2. The van der Waals surface area contributed by atoms with Crippen LogP contribution in [-0.2, 0) is 4.79 Å². The van der Waals surface area contributed by atoms with Crippen LogP contribution in [0, 0.1) is 0 Å². The Morgan fingerprint density at radius 3 is 2.20 bits per heavy atom. The van der Waals surface area contributed by atoms with E-state index in [9.17, 15) is 9.59 Å². The van der Waals surface area contributed by atoms with Gasteiger partial charge in [0.2, 0.25) is 5.91 Å². The number of piperazine rings is 1. The lowest BCUT2D eigenvalue weighted by Crippen LogP contribution is -2.53. The first kappa shape index (κ1) is 11.8. The number of urea groups is 1. The minimum Gasteiger partial charge on any atom is -0.395 e. The first-order valence-electron chi connectivity index (χ1n) is 5.04. The Morgan fingerprint density at radius 1 is 1.20 bits per heavy atom. The summed E-state index contributed by atoms with van der Waals surface area (Å²) in [6.07, 6.45) is 0. The molecule has 0 saturated carbocycles. The molecule has 1 aliphatic heterocycles. The summed E-state index contributed by atoms with van der Waals surface area (Å²) in [4.78, 5) is 25.8. The number of aliphatic hydroxyl groups is 1. The third-order valence-corrected chi connectivity index (χ3v) is 2.40. The van der Waals surface area contributed by atoms with Gasteiger partial charge >= 0.3 is 6.03 Å². The molecule has 1 saturated heterocycles. The monoisotopic (exact) mass is 215 g/mol. The summed E-state index contributed by atoms with van der Waals surface area (Å²) in [6.45, 7) is 4.02. The number of nitrogens with one attached hydrogen (secondary N) is 1. The second-order valence-corrected chi connectivity index (χ2v) is 3.45. The van der Waals surface area contributed by atoms with E-state index in [0.29, 0.717) is 26.2 Å². The standard InChI is InChI=1S/C9H17N3O3/c1-8(14)11-3-5-12(6-4-11)9(15)10-2-7-13/h13H,2-7H2,1H3,(H,10,15). The van der Waals surface area contributed by atoms with Gasteiger partial charge in [-0.1, -0.05) is 0 Å². The van der Waals surface area contributed by atoms with Gasteiger partial charge in [0.25, 0.3) is 0 Å². The van der Waals surface area contributed by atoms with Crippen molar-refractivity contribution in [1.29, 1.82) is 0 Å². The van der Waals surface area contributed by atoms with Crippen molar-refractivity contribution in [3.05, 3.63) is 0 Å². The van der Waals surface area contributed by atoms with E-state index in [0.717, 1.165) is 0 Å². The SMILES string of the molecule is CC(=O)N1CCN(C(=O)NCCO)CC1. The number of aliphatic hydroxyl groups excluding tert-OH is 1. The Kier molecular flexibility index (Phi) is 4.36. The van der Waals surface area contributed by atoms with Crippen LogP contribution in [0.5, 0.6) is 0 Å². The van der Waals surface area contributed by atoms with E-state index in [2.05, 4.69) is 5.32 Å². The molecule has 0 aromatic carbocycles. The fourth-order valence-corrected chi connectivity index (χ4v) is 1.50. The van der Waals surface area contributed by atoms with E-state index in [4.69, 9.17) is 5.11 Å². The van der Waals surface area contributed by atoms with Gasteiger partial charge in [-0.3, -0.25) is 4.79 Å². The van der Waals surface area contributed by atoms with E-state index in [1.165, 1.54) is 6.92 Å². The van der Waals surface area contributed by atoms with E-state index in [1.54, 1.807) is 9.80 Å². The molecule has 0 aliphatic carbocycles. The average molecular weight is 215 g/mol. The molecule has 2 N–H and O–H groups in total. The fraction of sp³-hybridized carbons (Fsp3) is 0.778. The van der Waals surface area contributed by atoms with Crippen LogP contribution in [0.25, 0.3) is 0 Å². The van der Waals surface area contributed by atoms with Crippen LogP contribution in [0.15, 0.2) is 0 Å². The van der Waals surface area contributed by atoms with E-state index >= 15 is 0 Å². The summed E-state index contributed by atoms with van der Waals surface area (Å²) in [5.41, 5.74) is 0. The molecule has 3 amide bonds. The third-order valence-electron chi connectivity index (χ3n) is 2.40. The summed E-state index contributed by atoms with van der Waals surface area (Å²) in [6, 6.07) is -0.174. The van der Waals surface area contributed by atoms with Crippen molar-refractivity contribution in [2.45, 2.75) is 6.92 Å². The van der Waals surface area contributed by atoms with Crippen LogP contribution in [0.4, 0.5) is 4.79 Å². The zero-order chi connectivity index (χ0) is 11.3. The molecule has 1 fully saturated rings. The van der Waals surface area contributed by atoms with Crippen molar-refractivity contribution >= 4 is 11.9 Å². The first-order valence-corrected chi connectivity index (χ1v) is 5.04. The molecule has 1 aliphatic rings. The molecular formula is C9H17N3O3. The van der Waals surface area contributed by atoms with Crippen molar-refractivity contribution in [2.24, 2.45) is 0 Å². The Balaban J connectivity index is 2.30. The summed E-state index contributed by atoms with van der Waals surface area (Å²) < 4.78 is 0. The molecule has 0 unspecified atom stereocenters. The van der Waals surface area contributed by atoms with Crippen LogP contribution >= 0.6 is 0 Å². The highest BCUT2D eigenvalue weighted by Crippen LogP contribution is 2.01. The zero-order valence-corrected chi connectivity index (χ0v) is 8.90. The molecule has 1 rings (SSSR count). The maximum Gasteiger partial charge on any atom is 0.317 e. The van der Waals surface area contributed by atoms with Gasteiger partial charge in [-0.15, -0.1) is 0 Å². The van der Waals surface area contributed by atoms with Crippen molar-refractivity contribution < 1.29 is 14.7 Å². The lowest BCUT2D eigenvalue weighted by Gasteiger charge is -2.34. The minimum absolute atomic E-state index is 0.0467. The van der Waals surface area contributed by atoms with Gasteiger partial charge in [0.15, 0.2) is 0 Å². The van der Waals surface area contributed by atoms with Gasteiger partial charge in [-0.05, 0) is 0 Å². The highest BCUT2D eigenvalue weighted by molar-refractivity contribution is 5.76. The van der Waals surface area contributed by atoms with E-state index < -0.39 is 0 Å². The fourth-order valence-electron chi connectivity index (χ4n) is 1.50. The molecule has 0 atom stereocenters. The van der Waals surface area contributed by atoms with Gasteiger partial charge in [-0.2, -0.15) is 0 Å². The topological polar surface area (TPSA) is 72.9 Å². The van der Waals surface area contributed by atoms with Crippen LogP contribution in [-0.4, -0.2) is 66.2 Å². The van der Waals surface area contributed by atoms with Crippen molar-refractivity contribution in [1.82, 2.24) is 15.1 Å². The lowest BCUT2D eigenvalue weighted by molar-refractivity contribution is -0.130. The minimum atomic E-state index is -0.174. The molecular weight excluding hydrogens is 198 g/mol. The maximum atomic E-state index is 11.4. The number of carbonyl (C=O) groups excluding carboxylic acids is 2. The molecule has 6 heteroatoms. The van der Waals surface area contributed by atoms with E-state index in [-0.39, 0.29) is 25.1 Å². The van der Waals surface area contributed by atoms with Gasteiger partial charge in [0.1, 0.15) is 0 Å². The van der Waals surface area contributed by atoms with Gasteiger partial charge in [-0.25, -0.2) is 4.79 Å². The van der Waals surface area contributed by atoms with Gasteiger partial charge in [0.05, 0.1) is 6.61 Å². The molecule has 1 heterocycles. The van der Waals surface area contributed by atoms with Crippen molar-refractivity contribution in [3.8, 4) is 0 Å². The predicted molar refractivity (Wildman–Crippen MR) is 54.3 cm³/mol. The van der Waals surface area contributed by atoms with Crippen LogP contribution in [0.2, 0.25) is 0 Å². The molecule has 15 heavy (non-hydrogen) atoms. The molecule has 6 nitrogen and oxygen atoms in total. The second-order valence-electron chi connectivity index (χ2n) is 3.45. The number of hydrogen-bond acceptors (Lipinski definition) is 3. The van der Waals surface area contributed by atoms with Crippen molar-refractivity contribution in [3.63, 3.8) is 0 Å². The average Bonchev–Trinajstić information content (AvgIpc) is 2.26. The van der Waals surface area contributed by atoms with E-state index in [1.807, 2.05) is 0 Å². The van der Waals surface area contributed by atoms with Gasteiger partial charge < -0.3 is 20.2 Å². The summed E-state index contributed by atoms with van der Waals surface area (Å²) >= 11 is 0. The summed E-state index contributed by atoms with van der Waals surface area (Å²) in [5.74, 6) is 0.0467. The highest BCUT2D eigenvalue weighted by Gasteiger charge is 2.21. The number of amides is 3. The highest BCUT2D eigenvalue weighted by atomic mass is 16.3.